The zero-order valence-electron chi connectivity index (χ0n) is 15.3. The predicted octanol–water partition coefficient (Wildman–Crippen LogP) is 2.91. The lowest BCUT2D eigenvalue weighted by Gasteiger charge is -2.19. The van der Waals surface area contributed by atoms with Gasteiger partial charge in [-0.15, -0.1) is 0 Å². The zero-order valence-corrected chi connectivity index (χ0v) is 17.7. The first-order chi connectivity index (χ1) is 12.5. The van der Waals surface area contributed by atoms with Gasteiger partial charge in [0.1, 0.15) is 10.6 Å². The smallest absolute Gasteiger partial charge is 0.246 e. The Kier molecular flexibility index (Phi) is 8.46. The number of anilines is 1. The zero-order chi connectivity index (χ0) is 19.0. The second-order valence-electron chi connectivity index (χ2n) is 5.93. The van der Waals surface area contributed by atoms with Crippen LogP contribution in [0.1, 0.15) is 26.2 Å². The van der Waals surface area contributed by atoms with Crippen LogP contribution < -0.4 is 15.4 Å². The van der Waals surface area contributed by atoms with Gasteiger partial charge in [-0.2, -0.15) is 16.1 Å². The Morgan fingerprint density at radius 3 is 2.73 bits per heavy atom. The van der Waals surface area contributed by atoms with E-state index in [9.17, 15) is 8.42 Å². The molecule has 9 heteroatoms. The highest BCUT2D eigenvalue weighted by atomic mass is 32.2. The summed E-state index contributed by atoms with van der Waals surface area (Å²) in [7, 11) is -3.57. The Morgan fingerprint density at radius 2 is 2.08 bits per heavy atom. The SMILES string of the molecule is CCOc1ccc(NC(=S)NCCCSC)cc1S(=O)(=O)N1CCCC1. The van der Waals surface area contributed by atoms with Crippen LogP contribution in [0.15, 0.2) is 23.1 Å². The van der Waals surface area contributed by atoms with Crippen molar-refractivity contribution in [2.75, 3.05) is 43.6 Å². The highest BCUT2D eigenvalue weighted by molar-refractivity contribution is 7.98. The molecule has 1 aliphatic rings. The second-order valence-corrected chi connectivity index (χ2v) is 9.23. The quantitative estimate of drug-likeness (QED) is 0.473. The Hall–Kier alpha value is -1.03. The van der Waals surface area contributed by atoms with Gasteiger partial charge in [0.05, 0.1) is 6.61 Å². The molecule has 146 valence electrons. The van der Waals surface area contributed by atoms with E-state index < -0.39 is 10.0 Å². The molecular weight excluding hydrogens is 390 g/mol. The minimum Gasteiger partial charge on any atom is -0.492 e. The van der Waals surface area contributed by atoms with Gasteiger partial charge in [-0.05, 0) is 68.6 Å². The van der Waals surface area contributed by atoms with E-state index in [4.69, 9.17) is 17.0 Å². The predicted molar refractivity (Wildman–Crippen MR) is 113 cm³/mol. The van der Waals surface area contributed by atoms with E-state index in [-0.39, 0.29) is 4.90 Å². The highest BCUT2D eigenvalue weighted by Crippen LogP contribution is 2.31. The Labute approximate surface area is 166 Å². The van der Waals surface area contributed by atoms with Crippen LogP contribution in [0.3, 0.4) is 0 Å². The van der Waals surface area contributed by atoms with Crippen LogP contribution in [0.25, 0.3) is 0 Å². The standard InChI is InChI=1S/C17H27N3O3S3/c1-3-23-15-8-7-14(19-17(24)18-9-6-12-25-2)13-16(15)26(21,22)20-10-4-5-11-20/h7-8,13H,3-6,9-12H2,1-2H3,(H2,18,19,24). The number of benzene rings is 1. The summed E-state index contributed by atoms with van der Waals surface area (Å²) in [6.07, 6.45) is 4.87. The number of thioether (sulfide) groups is 1. The van der Waals surface area contributed by atoms with Gasteiger partial charge < -0.3 is 15.4 Å². The van der Waals surface area contributed by atoms with Crippen LogP contribution in [0, 0.1) is 0 Å². The van der Waals surface area contributed by atoms with Gasteiger partial charge in [0.25, 0.3) is 0 Å². The summed E-state index contributed by atoms with van der Waals surface area (Å²) in [6.45, 7) is 4.14. The molecule has 2 N–H and O–H groups in total. The fourth-order valence-electron chi connectivity index (χ4n) is 2.72. The van der Waals surface area contributed by atoms with Gasteiger partial charge in [0, 0.05) is 25.3 Å². The van der Waals surface area contributed by atoms with Crippen molar-refractivity contribution >= 4 is 44.8 Å². The molecule has 0 saturated carbocycles. The largest absolute Gasteiger partial charge is 0.492 e. The maximum Gasteiger partial charge on any atom is 0.246 e. The molecule has 1 aliphatic heterocycles. The van der Waals surface area contributed by atoms with Crippen LogP contribution >= 0.6 is 24.0 Å². The van der Waals surface area contributed by atoms with Crippen molar-refractivity contribution in [2.24, 2.45) is 0 Å². The minimum absolute atomic E-state index is 0.191. The van der Waals surface area contributed by atoms with Crippen LogP contribution in [0.5, 0.6) is 5.75 Å². The number of hydrogen-bond donors (Lipinski definition) is 2. The first kappa shape index (κ1) is 21.3. The molecule has 1 saturated heterocycles. The lowest BCUT2D eigenvalue weighted by Crippen LogP contribution is -2.30. The third kappa shape index (κ3) is 5.73. The lowest BCUT2D eigenvalue weighted by atomic mass is 10.3. The summed E-state index contributed by atoms with van der Waals surface area (Å²) in [5, 5.41) is 6.69. The summed E-state index contributed by atoms with van der Waals surface area (Å²) in [4.78, 5) is 0.191. The molecule has 0 radical (unpaired) electrons. The van der Waals surface area contributed by atoms with Crippen molar-refractivity contribution in [3.8, 4) is 5.75 Å². The molecule has 26 heavy (non-hydrogen) atoms. The Morgan fingerprint density at radius 1 is 1.35 bits per heavy atom. The fourth-order valence-corrected chi connectivity index (χ4v) is 5.05. The fraction of sp³-hybridized carbons (Fsp3) is 0.588. The maximum absolute atomic E-state index is 13.0. The number of nitrogens with zero attached hydrogens (tertiary/aromatic N) is 1. The van der Waals surface area contributed by atoms with Crippen molar-refractivity contribution in [1.82, 2.24) is 9.62 Å². The third-order valence-electron chi connectivity index (χ3n) is 4.00. The van der Waals surface area contributed by atoms with E-state index in [0.29, 0.717) is 36.2 Å². The van der Waals surface area contributed by atoms with E-state index >= 15 is 0 Å². The topological polar surface area (TPSA) is 70.7 Å². The van der Waals surface area contributed by atoms with Gasteiger partial charge in [-0.3, -0.25) is 0 Å². The molecule has 0 unspecified atom stereocenters. The van der Waals surface area contributed by atoms with Crippen molar-refractivity contribution in [2.45, 2.75) is 31.1 Å². The lowest BCUT2D eigenvalue weighted by molar-refractivity contribution is 0.330. The first-order valence-electron chi connectivity index (χ1n) is 8.80. The van der Waals surface area contributed by atoms with Crippen LogP contribution in [-0.4, -0.2) is 56.1 Å². The van der Waals surface area contributed by atoms with E-state index in [1.54, 1.807) is 30.0 Å². The molecule has 6 nitrogen and oxygen atoms in total. The summed E-state index contributed by atoms with van der Waals surface area (Å²) in [5.41, 5.74) is 0.633. The molecule has 0 amide bonds. The van der Waals surface area contributed by atoms with E-state index in [2.05, 4.69) is 16.9 Å². The number of thiocarbonyl (C=S) groups is 1. The summed E-state index contributed by atoms with van der Waals surface area (Å²) in [5.74, 6) is 1.44. The van der Waals surface area contributed by atoms with Crippen molar-refractivity contribution in [3.05, 3.63) is 18.2 Å². The number of ether oxygens (including phenoxy) is 1. The van der Waals surface area contributed by atoms with E-state index in [1.165, 1.54) is 4.31 Å². The first-order valence-corrected chi connectivity index (χ1v) is 12.0. The molecule has 0 atom stereocenters. The third-order valence-corrected chi connectivity index (χ3v) is 6.86. The number of sulfonamides is 1. The van der Waals surface area contributed by atoms with Gasteiger partial charge in [-0.1, -0.05) is 0 Å². The van der Waals surface area contributed by atoms with Crippen molar-refractivity contribution in [1.29, 1.82) is 0 Å². The van der Waals surface area contributed by atoms with E-state index in [0.717, 1.165) is 31.6 Å². The highest BCUT2D eigenvalue weighted by Gasteiger charge is 2.30. The second kappa shape index (κ2) is 10.3. The maximum atomic E-state index is 13.0. The summed E-state index contributed by atoms with van der Waals surface area (Å²) >= 11 is 7.08. The van der Waals surface area contributed by atoms with Gasteiger partial charge in [-0.25, -0.2) is 8.42 Å². The average molecular weight is 418 g/mol. The number of hydrogen-bond acceptors (Lipinski definition) is 5. The number of rotatable bonds is 9. The summed E-state index contributed by atoms with van der Waals surface area (Å²) < 4.78 is 33.0. The molecular formula is C17H27N3O3S3. The van der Waals surface area contributed by atoms with E-state index in [1.807, 2.05) is 6.92 Å². The molecule has 2 rings (SSSR count). The van der Waals surface area contributed by atoms with Crippen LogP contribution in [0.2, 0.25) is 0 Å². The molecule has 1 fully saturated rings. The van der Waals surface area contributed by atoms with Gasteiger partial charge in [0.15, 0.2) is 5.11 Å². The van der Waals surface area contributed by atoms with Crippen molar-refractivity contribution < 1.29 is 13.2 Å². The van der Waals surface area contributed by atoms with Gasteiger partial charge in [0.2, 0.25) is 10.0 Å². The molecule has 0 aromatic heterocycles. The molecule has 1 aromatic rings. The van der Waals surface area contributed by atoms with Gasteiger partial charge >= 0.3 is 0 Å². The Balaban J connectivity index is 2.15. The van der Waals surface area contributed by atoms with Crippen LogP contribution in [-0.2, 0) is 10.0 Å². The Bertz CT molecular complexity index is 704. The monoisotopic (exact) mass is 417 g/mol. The average Bonchev–Trinajstić information content (AvgIpc) is 3.16. The minimum atomic E-state index is -3.57. The summed E-state index contributed by atoms with van der Waals surface area (Å²) in [6, 6.07) is 5.07. The molecule has 1 heterocycles. The molecule has 1 aromatic carbocycles. The normalized spacial score (nSPS) is 15.0. The van der Waals surface area contributed by atoms with Crippen molar-refractivity contribution in [3.63, 3.8) is 0 Å². The molecule has 0 spiro atoms. The molecule has 0 bridgehead atoms. The van der Waals surface area contributed by atoms with Crippen LogP contribution in [0.4, 0.5) is 5.69 Å². The number of nitrogens with one attached hydrogen (secondary N) is 2. The molecule has 0 aliphatic carbocycles.